The van der Waals surface area contributed by atoms with Gasteiger partial charge in [0.15, 0.2) is 0 Å². The van der Waals surface area contributed by atoms with Crippen LogP contribution in [0.3, 0.4) is 0 Å². The molecule has 0 bridgehead atoms. The lowest BCUT2D eigenvalue weighted by atomic mass is 10.1. The van der Waals surface area contributed by atoms with Gasteiger partial charge in [0.2, 0.25) is 0 Å². The molecule has 4 N–H and O–H groups in total. The number of hydrogen-bond acceptors (Lipinski definition) is 3. The van der Waals surface area contributed by atoms with Crippen LogP contribution >= 0.6 is 0 Å². The predicted molar refractivity (Wildman–Crippen MR) is 94.8 cm³/mol. The molecular formula is C18H29N3. The summed E-state index contributed by atoms with van der Waals surface area (Å²) < 4.78 is 0. The number of nitrogens with one attached hydrogen (secondary N) is 2. The molecule has 1 aromatic rings. The van der Waals surface area contributed by atoms with Crippen LogP contribution in [0.1, 0.15) is 39.2 Å². The van der Waals surface area contributed by atoms with E-state index in [2.05, 4.69) is 55.3 Å². The lowest BCUT2D eigenvalue weighted by Crippen LogP contribution is -2.07. The van der Waals surface area contributed by atoms with Gasteiger partial charge in [-0.05, 0) is 69.0 Å². The number of aryl methyl sites for hydroxylation is 1. The van der Waals surface area contributed by atoms with Crippen LogP contribution < -0.4 is 16.4 Å². The minimum Gasteiger partial charge on any atom is -0.385 e. The van der Waals surface area contributed by atoms with Crippen molar-refractivity contribution in [3.05, 3.63) is 47.7 Å². The number of benzene rings is 1. The molecule has 0 unspecified atom stereocenters. The first kappa shape index (κ1) is 17.3. The molecule has 0 heterocycles. The Labute approximate surface area is 129 Å². The number of nitrogens with two attached hydrogens (primary N) is 1. The predicted octanol–water partition coefficient (Wildman–Crippen LogP) is 4.29. The van der Waals surface area contributed by atoms with Gasteiger partial charge in [0.25, 0.3) is 0 Å². The third kappa shape index (κ3) is 5.64. The van der Waals surface area contributed by atoms with Crippen LogP contribution in [-0.4, -0.2) is 13.1 Å². The fourth-order valence-corrected chi connectivity index (χ4v) is 2.06. The zero-order valence-corrected chi connectivity index (χ0v) is 13.6. The molecule has 0 saturated heterocycles. The molecule has 0 fully saturated rings. The van der Waals surface area contributed by atoms with E-state index in [1.807, 2.05) is 6.92 Å². The van der Waals surface area contributed by atoms with Crippen molar-refractivity contribution >= 4 is 11.4 Å². The maximum atomic E-state index is 5.51. The summed E-state index contributed by atoms with van der Waals surface area (Å²) in [5.74, 6) is 0. The summed E-state index contributed by atoms with van der Waals surface area (Å²) in [6, 6.07) is 6.45. The number of hydrogen-bond donors (Lipinski definition) is 3. The highest BCUT2D eigenvalue weighted by Crippen LogP contribution is 2.23. The van der Waals surface area contributed by atoms with Gasteiger partial charge in [-0.25, -0.2) is 0 Å². The van der Waals surface area contributed by atoms with Crippen molar-refractivity contribution in [1.82, 2.24) is 0 Å². The highest BCUT2D eigenvalue weighted by Gasteiger charge is 2.04. The molecule has 0 aliphatic rings. The van der Waals surface area contributed by atoms with Gasteiger partial charge in [0.1, 0.15) is 0 Å². The lowest BCUT2D eigenvalue weighted by Gasteiger charge is -2.15. The van der Waals surface area contributed by atoms with Crippen molar-refractivity contribution in [2.75, 3.05) is 23.7 Å². The van der Waals surface area contributed by atoms with E-state index in [0.29, 0.717) is 0 Å². The minimum atomic E-state index is 0.761. The van der Waals surface area contributed by atoms with Gasteiger partial charge in [0, 0.05) is 23.6 Å². The third-order valence-electron chi connectivity index (χ3n) is 3.64. The molecule has 0 aliphatic heterocycles. The van der Waals surface area contributed by atoms with Crippen LogP contribution in [0.5, 0.6) is 0 Å². The van der Waals surface area contributed by atoms with Gasteiger partial charge in [-0.15, -0.1) is 0 Å². The molecule has 1 rings (SSSR count). The number of allylic oxidation sites excluding steroid dienone is 2. The average Bonchev–Trinajstić information content (AvgIpc) is 2.51. The SMILES string of the molecule is C=C(Nc1ccc(NCCCCN)cc1CC)/C(C)=C/C. The Kier molecular flexibility index (Phi) is 7.62. The molecule has 0 amide bonds. The molecule has 0 spiro atoms. The standard InChI is InChI=1S/C18H29N3/c1-5-14(3)15(4)21-18-10-9-17(13-16(18)6-2)20-12-8-7-11-19/h5,9-10,13,20-21H,4,6-8,11-12,19H2,1-3H3/b14-5+. The Bertz CT molecular complexity index is 489. The Morgan fingerprint density at radius 3 is 2.71 bits per heavy atom. The second-order valence-electron chi connectivity index (χ2n) is 5.22. The molecule has 1 aromatic carbocycles. The molecule has 0 radical (unpaired) electrons. The summed E-state index contributed by atoms with van der Waals surface area (Å²) in [5, 5.41) is 6.86. The topological polar surface area (TPSA) is 50.1 Å². The fraction of sp³-hybridized carbons (Fsp3) is 0.444. The van der Waals surface area contributed by atoms with Crippen LogP contribution in [0.15, 0.2) is 42.1 Å². The first-order valence-electron chi connectivity index (χ1n) is 7.78. The Morgan fingerprint density at radius 1 is 1.33 bits per heavy atom. The van der Waals surface area contributed by atoms with E-state index in [4.69, 9.17) is 5.73 Å². The summed E-state index contributed by atoms with van der Waals surface area (Å²) >= 11 is 0. The molecule has 116 valence electrons. The summed E-state index contributed by atoms with van der Waals surface area (Å²) in [7, 11) is 0. The van der Waals surface area contributed by atoms with E-state index in [0.717, 1.165) is 43.7 Å². The monoisotopic (exact) mass is 287 g/mol. The third-order valence-corrected chi connectivity index (χ3v) is 3.64. The maximum absolute atomic E-state index is 5.51. The maximum Gasteiger partial charge on any atom is 0.0418 e. The number of rotatable bonds is 9. The lowest BCUT2D eigenvalue weighted by molar-refractivity contribution is 0.774. The van der Waals surface area contributed by atoms with Gasteiger partial charge >= 0.3 is 0 Å². The van der Waals surface area contributed by atoms with E-state index < -0.39 is 0 Å². The minimum absolute atomic E-state index is 0.761. The van der Waals surface area contributed by atoms with Gasteiger partial charge in [-0.3, -0.25) is 0 Å². The molecular weight excluding hydrogens is 258 g/mol. The quantitative estimate of drug-likeness (QED) is 0.469. The Balaban J connectivity index is 2.72. The van der Waals surface area contributed by atoms with E-state index in [-0.39, 0.29) is 0 Å². The van der Waals surface area contributed by atoms with E-state index in [1.165, 1.54) is 16.8 Å². The summed E-state index contributed by atoms with van der Waals surface area (Å²) in [6.07, 6.45) is 5.22. The van der Waals surface area contributed by atoms with Gasteiger partial charge in [-0.2, -0.15) is 0 Å². The summed E-state index contributed by atoms with van der Waals surface area (Å²) in [6.45, 7) is 12.1. The van der Waals surface area contributed by atoms with Gasteiger partial charge < -0.3 is 16.4 Å². The van der Waals surface area contributed by atoms with E-state index >= 15 is 0 Å². The van der Waals surface area contributed by atoms with Gasteiger partial charge in [0.05, 0.1) is 0 Å². The molecule has 0 aliphatic carbocycles. The zero-order chi connectivity index (χ0) is 15.7. The van der Waals surface area contributed by atoms with Crippen molar-refractivity contribution in [1.29, 1.82) is 0 Å². The van der Waals surface area contributed by atoms with Crippen LogP contribution in [0.4, 0.5) is 11.4 Å². The molecule has 0 atom stereocenters. The number of unbranched alkanes of at least 4 members (excludes halogenated alkanes) is 1. The van der Waals surface area contributed by atoms with Crippen molar-refractivity contribution < 1.29 is 0 Å². The van der Waals surface area contributed by atoms with E-state index in [1.54, 1.807) is 0 Å². The second kappa shape index (κ2) is 9.24. The summed E-state index contributed by atoms with van der Waals surface area (Å²) in [4.78, 5) is 0. The zero-order valence-electron chi connectivity index (χ0n) is 13.6. The van der Waals surface area contributed by atoms with E-state index in [9.17, 15) is 0 Å². The van der Waals surface area contributed by atoms with Crippen LogP contribution in [0.25, 0.3) is 0 Å². The van der Waals surface area contributed by atoms with Crippen molar-refractivity contribution in [2.45, 2.75) is 40.0 Å². The average molecular weight is 287 g/mol. The highest BCUT2D eigenvalue weighted by molar-refractivity contribution is 5.63. The number of anilines is 2. The summed E-state index contributed by atoms with van der Waals surface area (Å²) in [5.41, 5.74) is 11.2. The molecule has 0 saturated carbocycles. The highest BCUT2D eigenvalue weighted by atomic mass is 14.9. The molecule has 3 heteroatoms. The van der Waals surface area contributed by atoms with Crippen molar-refractivity contribution in [3.63, 3.8) is 0 Å². The normalized spacial score (nSPS) is 11.3. The largest absolute Gasteiger partial charge is 0.385 e. The smallest absolute Gasteiger partial charge is 0.0418 e. The molecule has 3 nitrogen and oxygen atoms in total. The molecule has 0 aromatic heterocycles. The Hall–Kier alpha value is -1.74. The van der Waals surface area contributed by atoms with Crippen LogP contribution in [0.2, 0.25) is 0 Å². The van der Waals surface area contributed by atoms with Crippen LogP contribution in [0, 0.1) is 0 Å². The molecule has 21 heavy (non-hydrogen) atoms. The van der Waals surface area contributed by atoms with Crippen molar-refractivity contribution in [3.8, 4) is 0 Å². The van der Waals surface area contributed by atoms with Crippen molar-refractivity contribution in [2.24, 2.45) is 5.73 Å². The first-order chi connectivity index (χ1) is 10.1. The van der Waals surface area contributed by atoms with Gasteiger partial charge in [-0.1, -0.05) is 19.6 Å². The fourth-order valence-electron chi connectivity index (χ4n) is 2.06. The second-order valence-corrected chi connectivity index (χ2v) is 5.22. The first-order valence-corrected chi connectivity index (χ1v) is 7.78. The van der Waals surface area contributed by atoms with Crippen LogP contribution in [-0.2, 0) is 6.42 Å². The Morgan fingerprint density at radius 2 is 2.10 bits per heavy atom.